The van der Waals surface area contributed by atoms with Crippen molar-refractivity contribution in [3.05, 3.63) is 29.6 Å². The zero-order valence-corrected chi connectivity index (χ0v) is 19.3. The van der Waals surface area contributed by atoms with E-state index in [0.717, 1.165) is 50.5 Å². The van der Waals surface area contributed by atoms with Gasteiger partial charge in [-0.3, -0.25) is 14.9 Å². The SMILES string of the molecule is Cl.Cl.O=C1CCC(Nc2ccc(C3CCN(CC4CCNCC4)CC3)c(F)c2)C(=O)N1. The van der Waals surface area contributed by atoms with Crippen LogP contribution in [-0.2, 0) is 9.59 Å². The number of hydrogen-bond acceptors (Lipinski definition) is 5. The van der Waals surface area contributed by atoms with E-state index in [-0.39, 0.29) is 48.4 Å². The highest BCUT2D eigenvalue weighted by Crippen LogP contribution is 2.32. The molecule has 6 nitrogen and oxygen atoms in total. The van der Waals surface area contributed by atoms with Crippen molar-refractivity contribution in [1.82, 2.24) is 15.5 Å². The van der Waals surface area contributed by atoms with Crippen LogP contribution in [0, 0.1) is 11.7 Å². The first kappa shape index (κ1) is 25.8. The quantitative estimate of drug-likeness (QED) is 0.571. The number of hydrogen-bond donors (Lipinski definition) is 3. The van der Waals surface area contributed by atoms with E-state index < -0.39 is 6.04 Å². The number of benzene rings is 1. The van der Waals surface area contributed by atoms with Crippen LogP contribution in [-0.4, -0.2) is 55.5 Å². The van der Waals surface area contributed by atoms with Gasteiger partial charge in [-0.15, -0.1) is 24.8 Å². The topological polar surface area (TPSA) is 73.5 Å². The standard InChI is InChI=1S/C22H31FN4O2.2ClH/c23-19-13-17(25-20-3-4-21(28)26-22(20)29)1-2-18(19)16-7-11-27(12-8-16)14-15-5-9-24-10-6-15;;/h1-2,13,15-16,20,24-25H,3-12,14H2,(H,26,28,29);2*1H. The van der Waals surface area contributed by atoms with Crippen LogP contribution >= 0.6 is 24.8 Å². The van der Waals surface area contributed by atoms with Crippen molar-refractivity contribution in [2.24, 2.45) is 5.92 Å². The minimum atomic E-state index is -0.490. The van der Waals surface area contributed by atoms with E-state index in [1.807, 2.05) is 12.1 Å². The monoisotopic (exact) mass is 474 g/mol. The van der Waals surface area contributed by atoms with Gasteiger partial charge in [0.15, 0.2) is 0 Å². The van der Waals surface area contributed by atoms with Crippen LogP contribution in [0.5, 0.6) is 0 Å². The van der Waals surface area contributed by atoms with Gasteiger partial charge in [0.1, 0.15) is 11.9 Å². The Morgan fingerprint density at radius 2 is 1.74 bits per heavy atom. The highest BCUT2D eigenvalue weighted by molar-refractivity contribution is 6.01. The second-order valence-electron chi connectivity index (χ2n) is 8.65. The summed E-state index contributed by atoms with van der Waals surface area (Å²) < 4.78 is 14.8. The van der Waals surface area contributed by atoms with Crippen molar-refractivity contribution in [3.8, 4) is 0 Å². The summed E-state index contributed by atoms with van der Waals surface area (Å²) in [4.78, 5) is 25.7. The average Bonchev–Trinajstić information content (AvgIpc) is 2.72. The van der Waals surface area contributed by atoms with Crippen LogP contribution in [0.25, 0.3) is 0 Å². The number of rotatable bonds is 5. The summed E-state index contributed by atoms with van der Waals surface area (Å²) in [6.07, 6.45) is 5.24. The van der Waals surface area contributed by atoms with Crippen molar-refractivity contribution < 1.29 is 14.0 Å². The lowest BCUT2D eigenvalue weighted by Gasteiger charge is -2.35. The fraction of sp³-hybridized carbons (Fsp3) is 0.636. The van der Waals surface area contributed by atoms with Crippen molar-refractivity contribution in [3.63, 3.8) is 0 Å². The molecule has 3 aliphatic rings. The molecule has 3 N–H and O–H groups in total. The lowest BCUT2D eigenvalue weighted by atomic mass is 9.88. The van der Waals surface area contributed by atoms with Crippen LogP contribution in [0.4, 0.5) is 10.1 Å². The van der Waals surface area contributed by atoms with Crippen molar-refractivity contribution in [2.75, 3.05) is 38.0 Å². The minimum Gasteiger partial charge on any atom is -0.374 e. The van der Waals surface area contributed by atoms with Gasteiger partial charge >= 0.3 is 0 Å². The predicted molar refractivity (Wildman–Crippen MR) is 125 cm³/mol. The van der Waals surface area contributed by atoms with Gasteiger partial charge in [-0.2, -0.15) is 0 Å². The summed E-state index contributed by atoms with van der Waals surface area (Å²) in [5.41, 5.74) is 1.37. The highest BCUT2D eigenvalue weighted by Gasteiger charge is 2.28. The first-order valence-electron chi connectivity index (χ1n) is 10.9. The molecule has 3 heterocycles. The number of amides is 2. The summed E-state index contributed by atoms with van der Waals surface area (Å²) in [6, 6.07) is 4.71. The number of carbonyl (C=O) groups is 2. The maximum atomic E-state index is 14.8. The van der Waals surface area contributed by atoms with Crippen LogP contribution in [0.3, 0.4) is 0 Å². The van der Waals surface area contributed by atoms with Crippen LogP contribution in [0.1, 0.15) is 50.0 Å². The molecule has 0 aliphatic carbocycles. The Bertz CT molecular complexity index is 753. The van der Waals surface area contributed by atoms with Crippen molar-refractivity contribution in [2.45, 2.75) is 50.5 Å². The number of nitrogens with one attached hydrogen (secondary N) is 3. The molecule has 3 aliphatic heterocycles. The molecule has 9 heteroatoms. The third kappa shape index (κ3) is 6.78. The molecule has 1 aromatic rings. The molecule has 3 fully saturated rings. The second-order valence-corrected chi connectivity index (χ2v) is 8.65. The number of halogens is 3. The Labute approximate surface area is 195 Å². The maximum Gasteiger partial charge on any atom is 0.249 e. The lowest BCUT2D eigenvalue weighted by molar-refractivity contribution is -0.133. The third-order valence-corrected chi connectivity index (χ3v) is 6.58. The molecular formula is C22H33Cl2FN4O2. The highest BCUT2D eigenvalue weighted by atomic mass is 35.5. The minimum absolute atomic E-state index is 0. The third-order valence-electron chi connectivity index (χ3n) is 6.58. The summed E-state index contributed by atoms with van der Waals surface area (Å²) in [6.45, 7) is 5.50. The first-order chi connectivity index (χ1) is 14.1. The number of imide groups is 1. The molecule has 0 saturated carbocycles. The van der Waals surface area contributed by atoms with E-state index in [1.165, 1.54) is 25.5 Å². The van der Waals surface area contributed by atoms with Gasteiger partial charge in [0.2, 0.25) is 11.8 Å². The molecule has 0 aromatic heterocycles. The number of carbonyl (C=O) groups excluding carboxylic acids is 2. The molecule has 1 atom stereocenters. The number of piperidine rings is 3. The summed E-state index contributed by atoms with van der Waals surface area (Å²) in [7, 11) is 0. The fourth-order valence-corrected chi connectivity index (χ4v) is 4.84. The van der Waals surface area contributed by atoms with Gasteiger partial charge in [-0.05, 0) is 87.8 Å². The van der Waals surface area contributed by atoms with Gasteiger partial charge in [0.05, 0.1) is 0 Å². The van der Waals surface area contributed by atoms with Gasteiger partial charge in [-0.25, -0.2) is 4.39 Å². The normalized spacial score (nSPS) is 23.5. The van der Waals surface area contributed by atoms with Crippen LogP contribution in [0.2, 0.25) is 0 Å². The molecule has 2 amide bonds. The molecule has 1 aromatic carbocycles. The second kappa shape index (κ2) is 12.0. The Morgan fingerprint density at radius 3 is 2.39 bits per heavy atom. The van der Waals surface area contributed by atoms with Crippen LogP contribution in [0.15, 0.2) is 18.2 Å². The fourth-order valence-electron chi connectivity index (χ4n) is 4.84. The largest absolute Gasteiger partial charge is 0.374 e. The smallest absolute Gasteiger partial charge is 0.249 e. The molecule has 0 bridgehead atoms. The zero-order valence-electron chi connectivity index (χ0n) is 17.7. The van der Waals surface area contributed by atoms with E-state index in [9.17, 15) is 14.0 Å². The first-order valence-corrected chi connectivity index (χ1v) is 10.9. The number of anilines is 1. The van der Waals surface area contributed by atoms with Gasteiger partial charge < -0.3 is 15.5 Å². The summed E-state index contributed by atoms with van der Waals surface area (Å²) >= 11 is 0. The van der Waals surface area contributed by atoms with Crippen LogP contribution < -0.4 is 16.0 Å². The van der Waals surface area contributed by atoms with Gasteiger partial charge in [-0.1, -0.05) is 6.07 Å². The van der Waals surface area contributed by atoms with E-state index in [1.54, 1.807) is 0 Å². The van der Waals surface area contributed by atoms with E-state index in [2.05, 4.69) is 20.9 Å². The van der Waals surface area contributed by atoms with E-state index >= 15 is 0 Å². The summed E-state index contributed by atoms with van der Waals surface area (Å²) in [5, 5.41) is 8.79. The average molecular weight is 475 g/mol. The number of likely N-dealkylation sites (tertiary alicyclic amines) is 1. The van der Waals surface area contributed by atoms with E-state index in [0.29, 0.717) is 18.5 Å². The zero-order chi connectivity index (χ0) is 20.2. The molecule has 1 unspecified atom stereocenters. The lowest BCUT2D eigenvalue weighted by Crippen LogP contribution is -2.47. The Balaban J connectivity index is 0.00000171. The number of nitrogens with zero attached hydrogens (tertiary/aromatic N) is 1. The Morgan fingerprint density at radius 1 is 1.03 bits per heavy atom. The van der Waals surface area contributed by atoms with E-state index in [4.69, 9.17) is 0 Å². The molecule has 31 heavy (non-hydrogen) atoms. The predicted octanol–water partition coefficient (Wildman–Crippen LogP) is 3.07. The molecule has 3 saturated heterocycles. The molecule has 0 radical (unpaired) electrons. The van der Waals surface area contributed by atoms with Gasteiger partial charge in [0.25, 0.3) is 0 Å². The molecule has 4 rings (SSSR count). The van der Waals surface area contributed by atoms with Crippen molar-refractivity contribution in [1.29, 1.82) is 0 Å². The molecular weight excluding hydrogens is 442 g/mol. The Hall–Kier alpha value is -1.41. The van der Waals surface area contributed by atoms with Gasteiger partial charge in [0, 0.05) is 18.7 Å². The Kier molecular flexibility index (Phi) is 10.0. The van der Waals surface area contributed by atoms with Crippen molar-refractivity contribution >= 4 is 42.3 Å². The molecule has 174 valence electrons. The summed E-state index contributed by atoms with van der Waals surface area (Å²) in [5.74, 6) is 0.248. The molecule has 0 spiro atoms. The maximum absolute atomic E-state index is 14.8.